The summed E-state index contributed by atoms with van der Waals surface area (Å²) >= 11 is 0.778. The molecule has 34 heteroatoms. The molecule has 0 unspecified atom stereocenters. The number of carboxylic acid groups (broad SMARTS) is 1. The van der Waals surface area contributed by atoms with Gasteiger partial charge in [0.15, 0.2) is 11.6 Å². The number of phenolic OH excluding ortho intramolecular Hbond substituents is 2. The number of guanidine groups is 1. The van der Waals surface area contributed by atoms with E-state index in [0.29, 0.717) is 23.3 Å². The standard InChI is InChI=1S/C63H75N13O18S3/c1-2-92-22-21-67-55(85)46-30-96-97-31-47-60(90)72-41(12-8-20-68-62(64)65)54(84)69-28-50(79)71-44(27-52(81)82)58(88)74-45(59(89)73-43(57(87)75-46)23-33-9-4-3-5-10-33)29-95-32-51(80)70-42(56(86)76-47)11-6-7-19-66-53(83)34-13-16-37-40(24-34)63(94-61(37)91)38-17-14-35(77)25-48(38)93-49-26-36(78)15-18-39(49)63/h3-5,9-10,13-18,24-26,41-47,77-78H,2,6-8,11-12,19-23,27-32H2,1H3,(H,66,83)(H,67,85)(H,69,84)(H,70,80)(H,71,79)(H,72,90)(H,73,89)(H,74,88)(H,75,87)(H,76,86)(H,81,82)(H4,64,65,68)/t41-,42-,43-,44-,45-,46-,47-/m0/s1. The minimum Gasteiger partial charge on any atom is -0.508 e. The number of rotatable bonds is 19. The van der Waals surface area contributed by atoms with E-state index in [1.54, 1.807) is 37.3 Å². The first-order valence-corrected chi connectivity index (χ1v) is 34.6. The minimum atomic E-state index is -1.89. The van der Waals surface area contributed by atoms with Crippen LogP contribution in [0.4, 0.5) is 0 Å². The Balaban J connectivity index is 1.09. The van der Waals surface area contributed by atoms with Gasteiger partial charge < -0.3 is 93.7 Å². The maximum Gasteiger partial charge on any atom is 0.340 e. The van der Waals surface area contributed by atoms with Crippen molar-refractivity contribution in [2.75, 3.05) is 62.4 Å². The van der Waals surface area contributed by atoms with Crippen LogP contribution in [0.2, 0.25) is 0 Å². The molecule has 0 radical (unpaired) electrons. The fourth-order valence-electron chi connectivity index (χ4n) is 10.8. The van der Waals surface area contributed by atoms with E-state index in [1.165, 1.54) is 54.6 Å². The molecule has 0 aliphatic carbocycles. The van der Waals surface area contributed by atoms with Gasteiger partial charge in [0.05, 0.1) is 30.9 Å². The Kier molecular flexibility index (Phi) is 26.2. The molecule has 4 heterocycles. The first-order valence-electron chi connectivity index (χ1n) is 30.9. The molecule has 2 fully saturated rings. The highest BCUT2D eigenvalue weighted by Gasteiger charge is 2.54. The van der Waals surface area contributed by atoms with Gasteiger partial charge in [-0.1, -0.05) is 51.9 Å². The predicted molar refractivity (Wildman–Crippen MR) is 354 cm³/mol. The number of hydrogen-bond acceptors (Lipinski definition) is 21. The molecule has 97 heavy (non-hydrogen) atoms. The van der Waals surface area contributed by atoms with E-state index in [1.807, 2.05) is 0 Å². The van der Waals surface area contributed by atoms with Crippen molar-refractivity contribution in [2.45, 2.75) is 99.8 Å². The van der Waals surface area contributed by atoms with E-state index in [9.17, 15) is 72.9 Å². The van der Waals surface area contributed by atoms with Crippen molar-refractivity contribution in [3.8, 4) is 23.0 Å². The summed E-state index contributed by atoms with van der Waals surface area (Å²) in [5, 5.41) is 66.9. The summed E-state index contributed by atoms with van der Waals surface area (Å²) in [6.07, 6.45) is -1.06. The maximum atomic E-state index is 14.7. The highest BCUT2D eigenvalue weighted by Crippen LogP contribution is 2.57. The molecule has 0 aromatic heterocycles. The lowest BCUT2D eigenvalue weighted by atomic mass is 9.77. The second kappa shape index (κ2) is 34.7. The molecular weight excluding hydrogens is 1320 g/mol. The van der Waals surface area contributed by atoms with Gasteiger partial charge in [0.1, 0.15) is 65.3 Å². The number of thioether (sulfide) groups is 1. The Labute approximate surface area is 567 Å². The van der Waals surface area contributed by atoms with E-state index in [4.69, 9.17) is 25.4 Å². The minimum absolute atomic E-state index is 0.00121. The molecule has 8 rings (SSSR count). The molecule has 0 saturated carbocycles. The molecule has 518 valence electrons. The number of nitrogens with one attached hydrogen (secondary N) is 12. The Morgan fingerprint density at radius 2 is 1.26 bits per heavy atom. The van der Waals surface area contributed by atoms with E-state index >= 15 is 0 Å². The summed E-state index contributed by atoms with van der Waals surface area (Å²) in [6.45, 7) is 1.42. The Morgan fingerprint density at radius 3 is 1.94 bits per heavy atom. The van der Waals surface area contributed by atoms with E-state index in [2.05, 4.69) is 58.5 Å². The third kappa shape index (κ3) is 19.9. The van der Waals surface area contributed by atoms with Gasteiger partial charge in [-0.15, -0.1) is 11.8 Å². The number of aromatic hydroxyl groups is 2. The number of carboxylic acids is 1. The Hall–Kier alpha value is -9.80. The summed E-state index contributed by atoms with van der Waals surface area (Å²) in [4.78, 5) is 168. The fraction of sp³-hybridized carbons (Fsp3) is 0.413. The van der Waals surface area contributed by atoms with E-state index in [-0.39, 0.29) is 116 Å². The predicted octanol–water partition coefficient (Wildman–Crippen LogP) is -0.649. The normalized spacial score (nSPS) is 21.7. The second-order valence-corrected chi connectivity index (χ2v) is 26.2. The van der Waals surface area contributed by atoms with Gasteiger partial charge in [0.2, 0.25) is 53.2 Å². The SMILES string of the molecule is CCOCCNC(=O)[C@@H]1CSSC[C@@H]2NC(=O)[C@H](CCCCNC(=O)c3ccc4c(c3)C3(OC4=O)c4ccc(O)cc4Oc4cc(O)ccc43)NC(=O)CSC[C@H](NC(=O)[C@H](CC(=O)O)NC(=O)CNC(=O)[C@H](CCCNC(=N)N)NC2=O)C(=O)N[C@@H](Cc2ccccc2)C(=O)N1. The molecular formula is C63H75N13O18S3. The van der Waals surface area contributed by atoms with Crippen LogP contribution in [-0.2, 0) is 69.4 Å². The van der Waals surface area contributed by atoms with Crippen molar-refractivity contribution < 1.29 is 87.1 Å². The summed E-state index contributed by atoms with van der Waals surface area (Å²) in [6, 6.07) is 10.6. The zero-order chi connectivity index (χ0) is 69.8. The molecule has 7 atom stereocenters. The number of nitrogens with two attached hydrogens (primary N) is 1. The molecule has 31 nitrogen and oxygen atoms in total. The van der Waals surface area contributed by atoms with Crippen LogP contribution in [0.1, 0.15) is 88.4 Å². The second-order valence-electron chi connectivity index (χ2n) is 22.7. The van der Waals surface area contributed by atoms with Gasteiger partial charge in [0, 0.05) is 84.3 Å². The van der Waals surface area contributed by atoms with Crippen molar-refractivity contribution in [3.63, 3.8) is 0 Å². The number of phenols is 2. The number of carbonyl (C=O) groups is 12. The molecule has 1 spiro atoms. The van der Waals surface area contributed by atoms with Crippen molar-refractivity contribution in [1.82, 2.24) is 58.5 Å². The smallest absolute Gasteiger partial charge is 0.340 e. The number of fused-ring (bicyclic) bond motifs is 15. The van der Waals surface area contributed by atoms with Crippen molar-refractivity contribution >= 4 is 110 Å². The van der Waals surface area contributed by atoms with Crippen LogP contribution in [0.15, 0.2) is 84.9 Å². The Morgan fingerprint density at radius 1 is 0.639 bits per heavy atom. The third-order valence-electron chi connectivity index (χ3n) is 15.6. The summed E-state index contributed by atoms with van der Waals surface area (Å²) < 4.78 is 17.6. The topological polar surface area (TPSA) is 475 Å². The van der Waals surface area contributed by atoms with Crippen molar-refractivity contribution in [3.05, 3.63) is 118 Å². The van der Waals surface area contributed by atoms with Crippen LogP contribution in [-0.4, -0.2) is 197 Å². The molecule has 4 aliphatic heterocycles. The van der Waals surface area contributed by atoms with Gasteiger partial charge >= 0.3 is 11.9 Å². The Bertz CT molecular complexity index is 3590. The number of aliphatic carboxylic acids is 1. The molecule has 17 N–H and O–H groups in total. The molecule has 4 aromatic carbocycles. The molecule has 4 aliphatic rings. The fourth-order valence-corrected chi connectivity index (χ4v) is 14.0. The molecule has 2 saturated heterocycles. The van der Waals surface area contributed by atoms with E-state index < -0.39 is 149 Å². The monoisotopic (exact) mass is 1400 g/mol. The first kappa shape index (κ1) is 73.0. The maximum absolute atomic E-state index is 14.7. The zero-order valence-corrected chi connectivity index (χ0v) is 54.9. The number of hydrogen-bond donors (Lipinski definition) is 16. The molecule has 10 amide bonds. The van der Waals surface area contributed by atoms with Crippen LogP contribution in [0, 0.1) is 5.41 Å². The van der Waals surface area contributed by atoms with Gasteiger partial charge in [0.25, 0.3) is 5.91 Å². The molecule has 2 bridgehead atoms. The van der Waals surface area contributed by atoms with Crippen LogP contribution in [0.25, 0.3) is 0 Å². The van der Waals surface area contributed by atoms with Gasteiger partial charge in [-0.2, -0.15) is 0 Å². The number of ether oxygens (including phenoxy) is 3. The lowest BCUT2D eigenvalue weighted by Gasteiger charge is -2.36. The van der Waals surface area contributed by atoms with Gasteiger partial charge in [-0.05, 0) is 87.1 Å². The summed E-state index contributed by atoms with van der Waals surface area (Å²) in [7, 11) is 1.98. The third-order valence-corrected chi connectivity index (χ3v) is 19.1. The van der Waals surface area contributed by atoms with Crippen molar-refractivity contribution in [1.29, 1.82) is 5.41 Å². The number of carbonyl (C=O) groups excluding carboxylic acids is 11. The lowest BCUT2D eigenvalue weighted by Crippen LogP contribution is -2.60. The highest BCUT2D eigenvalue weighted by molar-refractivity contribution is 8.76. The summed E-state index contributed by atoms with van der Waals surface area (Å²) in [5.74, 6) is -13.1. The zero-order valence-electron chi connectivity index (χ0n) is 52.4. The lowest BCUT2D eigenvalue weighted by molar-refractivity contribution is -0.141. The van der Waals surface area contributed by atoms with Gasteiger partial charge in [-0.25, -0.2) is 4.79 Å². The van der Waals surface area contributed by atoms with Crippen LogP contribution < -0.4 is 69.0 Å². The molecule has 4 aromatic rings. The van der Waals surface area contributed by atoms with Gasteiger partial charge in [-0.3, -0.25) is 58.1 Å². The summed E-state index contributed by atoms with van der Waals surface area (Å²) in [5.41, 5.74) is 5.58. The number of benzene rings is 4. The quantitative estimate of drug-likeness (QED) is 0.0182. The first-order chi connectivity index (χ1) is 46.5. The average molecular weight is 1400 g/mol. The number of amides is 10. The van der Waals surface area contributed by atoms with Crippen LogP contribution in [0.5, 0.6) is 23.0 Å². The van der Waals surface area contributed by atoms with E-state index in [0.717, 1.165) is 33.3 Å². The van der Waals surface area contributed by atoms with Crippen LogP contribution in [0.3, 0.4) is 0 Å². The average Bonchev–Trinajstić information content (AvgIpc) is 1.61. The van der Waals surface area contributed by atoms with Crippen molar-refractivity contribution in [2.24, 2.45) is 5.73 Å². The number of unbranched alkanes of at least 4 members (excludes halogenated alkanes) is 1. The highest BCUT2D eigenvalue weighted by atomic mass is 33.1. The number of esters is 1. The van der Waals surface area contributed by atoms with Crippen LogP contribution >= 0.6 is 33.3 Å². The largest absolute Gasteiger partial charge is 0.508 e.